The molecule has 1 saturated heterocycles. The summed E-state index contributed by atoms with van der Waals surface area (Å²) in [6, 6.07) is 3.86. The molecule has 6 heteroatoms. The van der Waals surface area contributed by atoms with E-state index in [0.717, 1.165) is 24.1 Å². The van der Waals surface area contributed by atoms with Gasteiger partial charge >= 0.3 is 0 Å². The maximum atomic E-state index is 12.6. The van der Waals surface area contributed by atoms with E-state index in [0.29, 0.717) is 17.9 Å². The highest BCUT2D eigenvalue weighted by atomic mass is 16.5. The fourth-order valence-corrected chi connectivity index (χ4v) is 5.19. The van der Waals surface area contributed by atoms with Crippen LogP contribution >= 0.6 is 0 Å². The number of piperidine rings is 1. The average Bonchev–Trinajstić information content (AvgIpc) is 2.59. The van der Waals surface area contributed by atoms with Crippen molar-refractivity contribution in [2.75, 3.05) is 27.8 Å². The minimum atomic E-state index is -0.571. The second-order valence-electron chi connectivity index (χ2n) is 7.30. The fourth-order valence-electron chi connectivity index (χ4n) is 5.19. The van der Waals surface area contributed by atoms with Crippen LogP contribution in [0.4, 0.5) is 0 Å². The largest absolute Gasteiger partial charge is 0.504 e. The van der Waals surface area contributed by atoms with Crippen LogP contribution in [0.1, 0.15) is 24.0 Å². The number of allylic oxidation sites excluding steroid dienone is 1. The van der Waals surface area contributed by atoms with E-state index >= 15 is 0 Å². The Kier molecular flexibility index (Phi) is 3.51. The van der Waals surface area contributed by atoms with Crippen LogP contribution in [0.3, 0.4) is 0 Å². The van der Waals surface area contributed by atoms with Crippen LogP contribution < -0.4 is 4.74 Å². The number of ether oxygens (including phenoxy) is 2. The van der Waals surface area contributed by atoms with Gasteiger partial charge in [-0.25, -0.2) is 0 Å². The Labute approximate surface area is 146 Å². The van der Waals surface area contributed by atoms with Crippen LogP contribution in [-0.2, 0) is 21.4 Å². The number of methoxy groups -OCH3 is 2. The third kappa shape index (κ3) is 1.97. The standard InChI is InChI=1S/C19H23NO5/c1-20-7-6-19-9-12(21)16(22)18(25-3)15(19)11(20)8-10-4-5-13(24-2)17(23)14(10)19/h4-5,11,15,22-23H,6-9H2,1-3H3/t11-,15-,19-/m1/s1. The maximum absolute atomic E-state index is 12.6. The van der Waals surface area contributed by atoms with Gasteiger partial charge in [-0.2, -0.15) is 0 Å². The van der Waals surface area contributed by atoms with E-state index in [1.54, 1.807) is 6.07 Å². The summed E-state index contributed by atoms with van der Waals surface area (Å²) >= 11 is 0. The van der Waals surface area contributed by atoms with Crippen molar-refractivity contribution in [2.45, 2.75) is 30.7 Å². The fraction of sp³-hybridized carbons (Fsp3) is 0.526. The van der Waals surface area contributed by atoms with E-state index in [4.69, 9.17) is 9.47 Å². The Balaban J connectivity index is 2.02. The molecule has 1 aromatic carbocycles. The molecule has 1 heterocycles. The van der Waals surface area contributed by atoms with Crippen LogP contribution in [0.15, 0.2) is 23.7 Å². The van der Waals surface area contributed by atoms with Crippen molar-refractivity contribution in [1.29, 1.82) is 0 Å². The highest BCUT2D eigenvalue weighted by molar-refractivity contribution is 5.96. The molecule has 1 aromatic rings. The molecule has 2 N–H and O–H groups in total. The Hall–Kier alpha value is -2.21. The van der Waals surface area contributed by atoms with Gasteiger partial charge in [-0.15, -0.1) is 0 Å². The lowest BCUT2D eigenvalue weighted by Crippen LogP contribution is -2.61. The molecule has 0 unspecified atom stereocenters. The normalized spacial score (nSPS) is 31.4. The zero-order chi connectivity index (χ0) is 17.9. The lowest BCUT2D eigenvalue weighted by atomic mass is 9.53. The number of aromatic hydroxyl groups is 1. The highest BCUT2D eigenvalue weighted by Gasteiger charge is 2.60. The maximum Gasteiger partial charge on any atom is 0.201 e. The number of likely N-dealkylation sites (N-methyl/N-ethyl adjacent to an activating group) is 1. The monoisotopic (exact) mass is 345 g/mol. The average molecular weight is 345 g/mol. The number of rotatable bonds is 2. The molecular formula is C19H23NO5. The van der Waals surface area contributed by atoms with Crippen molar-refractivity contribution in [3.05, 3.63) is 34.8 Å². The lowest BCUT2D eigenvalue weighted by molar-refractivity contribution is -0.124. The first-order valence-corrected chi connectivity index (χ1v) is 8.54. The van der Waals surface area contributed by atoms with E-state index in [1.807, 2.05) is 6.07 Å². The predicted molar refractivity (Wildman–Crippen MR) is 90.9 cm³/mol. The van der Waals surface area contributed by atoms with Gasteiger partial charge in [-0.3, -0.25) is 4.79 Å². The predicted octanol–water partition coefficient (Wildman–Crippen LogP) is 1.90. The Bertz CT molecular complexity index is 786. The molecule has 1 fully saturated rings. The Morgan fingerprint density at radius 1 is 1.24 bits per heavy atom. The number of nitrogens with zero attached hydrogens (tertiary/aromatic N) is 1. The number of Topliss-reactive ketones (excluding diaryl/α,β-unsaturated/α-hetero) is 1. The van der Waals surface area contributed by atoms with Gasteiger partial charge in [0.25, 0.3) is 0 Å². The second kappa shape index (κ2) is 5.39. The number of ketones is 1. The van der Waals surface area contributed by atoms with E-state index in [2.05, 4.69) is 11.9 Å². The van der Waals surface area contributed by atoms with Crippen LogP contribution in [0.2, 0.25) is 0 Å². The number of hydrogen-bond acceptors (Lipinski definition) is 6. The minimum Gasteiger partial charge on any atom is -0.504 e. The molecule has 0 aromatic heterocycles. The van der Waals surface area contributed by atoms with Crippen molar-refractivity contribution in [3.8, 4) is 11.5 Å². The lowest BCUT2D eigenvalue weighted by Gasteiger charge is -2.57. The van der Waals surface area contributed by atoms with Gasteiger partial charge in [-0.1, -0.05) is 6.07 Å². The number of benzene rings is 1. The molecule has 25 heavy (non-hydrogen) atoms. The number of carbonyl (C=O) groups is 1. The molecule has 1 aliphatic heterocycles. The van der Waals surface area contributed by atoms with Gasteiger partial charge in [0.2, 0.25) is 5.78 Å². The summed E-state index contributed by atoms with van der Waals surface area (Å²) in [7, 11) is 5.08. The number of aliphatic hydroxyl groups excluding tert-OH is 1. The summed E-state index contributed by atoms with van der Waals surface area (Å²) in [6.45, 7) is 0.822. The number of phenols is 1. The van der Waals surface area contributed by atoms with Gasteiger partial charge in [0, 0.05) is 29.4 Å². The Morgan fingerprint density at radius 3 is 2.68 bits per heavy atom. The van der Waals surface area contributed by atoms with Gasteiger partial charge in [0.15, 0.2) is 17.3 Å². The first kappa shape index (κ1) is 16.3. The van der Waals surface area contributed by atoms with Crippen molar-refractivity contribution in [2.24, 2.45) is 5.92 Å². The second-order valence-corrected chi connectivity index (χ2v) is 7.30. The number of aliphatic hydroxyl groups is 1. The molecule has 0 amide bonds. The van der Waals surface area contributed by atoms with Crippen LogP contribution in [0.5, 0.6) is 11.5 Å². The van der Waals surface area contributed by atoms with Crippen LogP contribution in [0.25, 0.3) is 0 Å². The number of carbonyl (C=O) groups excluding carboxylic acids is 1. The third-order valence-corrected chi connectivity index (χ3v) is 6.31. The van der Waals surface area contributed by atoms with Crippen LogP contribution in [0, 0.1) is 5.92 Å². The van der Waals surface area contributed by atoms with Crippen LogP contribution in [-0.4, -0.2) is 54.8 Å². The molecule has 0 radical (unpaired) electrons. The zero-order valence-corrected chi connectivity index (χ0v) is 14.7. The van der Waals surface area contributed by atoms with E-state index < -0.39 is 5.41 Å². The molecule has 2 aliphatic carbocycles. The summed E-state index contributed by atoms with van der Waals surface area (Å²) < 4.78 is 10.8. The van der Waals surface area contributed by atoms with Crippen molar-refractivity contribution < 1.29 is 24.5 Å². The quantitative estimate of drug-likeness (QED) is 0.852. The molecule has 2 bridgehead atoms. The molecule has 3 atom stereocenters. The highest BCUT2D eigenvalue weighted by Crippen LogP contribution is 2.59. The summed E-state index contributed by atoms with van der Waals surface area (Å²) in [5, 5.41) is 21.2. The number of fused-ring (bicyclic) bond motifs is 1. The van der Waals surface area contributed by atoms with Gasteiger partial charge in [0.1, 0.15) is 5.76 Å². The summed E-state index contributed by atoms with van der Waals surface area (Å²) in [5.74, 6) is 0.105. The molecule has 4 rings (SSSR count). The van der Waals surface area contributed by atoms with E-state index in [9.17, 15) is 15.0 Å². The van der Waals surface area contributed by atoms with E-state index in [-0.39, 0.29) is 35.7 Å². The van der Waals surface area contributed by atoms with Crippen molar-refractivity contribution in [1.82, 2.24) is 4.90 Å². The Morgan fingerprint density at radius 2 is 2.00 bits per heavy atom. The molecular weight excluding hydrogens is 322 g/mol. The minimum absolute atomic E-state index is 0.109. The first-order chi connectivity index (χ1) is 11.9. The van der Waals surface area contributed by atoms with E-state index in [1.165, 1.54) is 14.2 Å². The number of likely N-dealkylation sites (tertiary alicyclic amines) is 1. The third-order valence-electron chi connectivity index (χ3n) is 6.31. The molecule has 0 saturated carbocycles. The topological polar surface area (TPSA) is 79.2 Å². The van der Waals surface area contributed by atoms with Gasteiger partial charge in [-0.05, 0) is 38.1 Å². The molecule has 3 aliphatic rings. The van der Waals surface area contributed by atoms with Crippen molar-refractivity contribution in [3.63, 3.8) is 0 Å². The van der Waals surface area contributed by atoms with Gasteiger partial charge in [0.05, 0.1) is 14.2 Å². The van der Waals surface area contributed by atoms with Crippen molar-refractivity contribution >= 4 is 5.78 Å². The molecule has 134 valence electrons. The summed E-state index contributed by atoms with van der Waals surface area (Å²) in [5.41, 5.74) is 1.25. The molecule has 0 spiro atoms. The SMILES string of the molecule is COC1=C(O)C(=O)C[C@]23CCN(C)[C@H](Cc4ccc(OC)c(O)c42)[C@H]13. The van der Waals surface area contributed by atoms with Gasteiger partial charge < -0.3 is 24.6 Å². The smallest absolute Gasteiger partial charge is 0.201 e. The summed E-state index contributed by atoms with van der Waals surface area (Å²) in [6.07, 6.45) is 1.61. The summed E-state index contributed by atoms with van der Waals surface area (Å²) in [4.78, 5) is 14.8. The number of phenolic OH excluding ortho intramolecular Hbond substituents is 1. The number of hydrogen-bond donors (Lipinski definition) is 2. The zero-order valence-electron chi connectivity index (χ0n) is 14.7. The first-order valence-electron chi connectivity index (χ1n) is 8.54. The molecule has 6 nitrogen and oxygen atoms in total.